The Kier molecular flexibility index (Phi) is 4.78. The summed E-state index contributed by atoms with van der Waals surface area (Å²) in [7, 11) is 0. The van der Waals surface area contributed by atoms with E-state index in [9.17, 15) is 9.59 Å². The fourth-order valence-electron chi connectivity index (χ4n) is 1.91. The first-order chi connectivity index (χ1) is 11.1. The number of Topliss-reactive ketones (excluding diaryl/α,β-unsaturated/α-hetero) is 1. The van der Waals surface area contributed by atoms with Crippen LogP contribution in [0.25, 0.3) is 6.08 Å². The van der Waals surface area contributed by atoms with Gasteiger partial charge in [-0.05, 0) is 52.3 Å². The van der Waals surface area contributed by atoms with Gasteiger partial charge in [0, 0.05) is 16.5 Å². The largest absolute Gasteiger partial charge is 0.454 e. The second kappa shape index (κ2) is 6.97. The van der Waals surface area contributed by atoms with Crippen LogP contribution in [0.3, 0.4) is 0 Å². The molecule has 1 aliphatic heterocycles. The van der Waals surface area contributed by atoms with Crippen molar-refractivity contribution in [2.45, 2.75) is 0 Å². The van der Waals surface area contributed by atoms with Crippen molar-refractivity contribution in [3.05, 3.63) is 50.6 Å². The smallest absolute Gasteiger partial charge is 0.331 e. The van der Waals surface area contributed by atoms with Gasteiger partial charge < -0.3 is 14.2 Å². The Hall–Kier alpha value is -2.12. The fraction of sp³-hybridized carbons (Fsp3) is 0.125. The van der Waals surface area contributed by atoms with Gasteiger partial charge in [-0.1, -0.05) is 0 Å². The first kappa shape index (κ1) is 15.8. The predicted molar refractivity (Wildman–Crippen MR) is 88.9 cm³/mol. The summed E-state index contributed by atoms with van der Waals surface area (Å²) in [6.45, 7) is -0.178. The van der Waals surface area contributed by atoms with Crippen molar-refractivity contribution in [3.63, 3.8) is 0 Å². The van der Waals surface area contributed by atoms with E-state index in [2.05, 4.69) is 15.9 Å². The average molecular weight is 395 g/mol. The zero-order chi connectivity index (χ0) is 16.2. The Balaban J connectivity index is 1.54. The van der Waals surface area contributed by atoms with Gasteiger partial charge in [-0.3, -0.25) is 4.79 Å². The average Bonchev–Trinajstić information content (AvgIpc) is 3.18. The van der Waals surface area contributed by atoms with E-state index in [4.69, 9.17) is 14.2 Å². The van der Waals surface area contributed by atoms with Crippen LogP contribution in [0.15, 0.2) is 40.2 Å². The summed E-state index contributed by atoms with van der Waals surface area (Å²) in [6, 6.07) is 8.61. The van der Waals surface area contributed by atoms with Crippen LogP contribution >= 0.6 is 27.3 Å². The number of benzene rings is 1. The summed E-state index contributed by atoms with van der Waals surface area (Å²) >= 11 is 4.83. The van der Waals surface area contributed by atoms with Gasteiger partial charge in [0.25, 0.3) is 0 Å². The van der Waals surface area contributed by atoms with Gasteiger partial charge in [-0.15, -0.1) is 11.3 Å². The SMILES string of the molecule is O=C(/C=C/c1ccc(Br)s1)OCC(=O)c1ccc2c(c1)OCO2. The highest BCUT2D eigenvalue weighted by Crippen LogP contribution is 2.32. The lowest BCUT2D eigenvalue weighted by atomic mass is 10.1. The molecule has 0 N–H and O–H groups in total. The lowest BCUT2D eigenvalue weighted by Crippen LogP contribution is -2.12. The van der Waals surface area contributed by atoms with E-state index in [0.29, 0.717) is 17.1 Å². The van der Waals surface area contributed by atoms with E-state index in [1.807, 2.05) is 12.1 Å². The zero-order valence-electron chi connectivity index (χ0n) is 11.8. The molecule has 2 heterocycles. The van der Waals surface area contributed by atoms with Gasteiger partial charge in [0.2, 0.25) is 6.79 Å². The number of carbonyl (C=O) groups excluding carboxylic acids is 2. The number of ketones is 1. The summed E-state index contributed by atoms with van der Waals surface area (Å²) in [5.41, 5.74) is 0.410. The standard InChI is InChI=1S/C16H11BrO5S/c17-15-5-2-11(23-15)3-6-16(19)20-8-12(18)10-1-4-13-14(7-10)22-9-21-13/h1-7H,8-9H2/b6-3+. The van der Waals surface area contributed by atoms with Gasteiger partial charge in [-0.25, -0.2) is 4.79 Å². The molecule has 3 rings (SSSR count). The molecular formula is C16H11BrO5S. The van der Waals surface area contributed by atoms with E-state index in [0.717, 1.165) is 8.66 Å². The van der Waals surface area contributed by atoms with Crippen LogP contribution in [0.4, 0.5) is 0 Å². The van der Waals surface area contributed by atoms with E-state index >= 15 is 0 Å². The van der Waals surface area contributed by atoms with Gasteiger partial charge in [-0.2, -0.15) is 0 Å². The Morgan fingerprint density at radius 3 is 2.83 bits per heavy atom. The molecule has 1 aromatic carbocycles. The molecule has 0 amide bonds. The lowest BCUT2D eigenvalue weighted by Gasteiger charge is -2.03. The van der Waals surface area contributed by atoms with E-state index < -0.39 is 5.97 Å². The minimum absolute atomic E-state index is 0.144. The van der Waals surface area contributed by atoms with Crippen molar-refractivity contribution >= 4 is 45.1 Å². The highest BCUT2D eigenvalue weighted by molar-refractivity contribution is 9.11. The zero-order valence-corrected chi connectivity index (χ0v) is 14.2. The molecular weight excluding hydrogens is 384 g/mol. The van der Waals surface area contributed by atoms with Crippen molar-refractivity contribution in [2.75, 3.05) is 13.4 Å². The first-order valence-electron chi connectivity index (χ1n) is 6.65. The van der Waals surface area contributed by atoms with Gasteiger partial charge >= 0.3 is 5.97 Å². The monoisotopic (exact) mass is 394 g/mol. The highest BCUT2D eigenvalue weighted by atomic mass is 79.9. The number of hydrogen-bond donors (Lipinski definition) is 0. The quantitative estimate of drug-likeness (QED) is 0.439. The van der Waals surface area contributed by atoms with Crippen molar-refractivity contribution < 1.29 is 23.8 Å². The summed E-state index contributed by atoms with van der Waals surface area (Å²) < 4.78 is 16.3. The first-order valence-corrected chi connectivity index (χ1v) is 8.26. The summed E-state index contributed by atoms with van der Waals surface area (Å²) in [6.07, 6.45) is 2.94. The third-order valence-electron chi connectivity index (χ3n) is 3.02. The molecule has 1 aliphatic rings. The minimum atomic E-state index is -0.566. The van der Waals surface area contributed by atoms with Crippen LogP contribution < -0.4 is 9.47 Å². The molecule has 7 heteroatoms. The number of thiophene rings is 1. The molecule has 5 nitrogen and oxygen atoms in total. The highest BCUT2D eigenvalue weighted by Gasteiger charge is 2.16. The molecule has 0 aliphatic carbocycles. The second-order valence-electron chi connectivity index (χ2n) is 4.57. The Morgan fingerprint density at radius 1 is 1.22 bits per heavy atom. The Labute approximate surface area is 144 Å². The molecule has 118 valence electrons. The molecule has 0 unspecified atom stereocenters. The molecule has 0 saturated carbocycles. The Morgan fingerprint density at radius 2 is 2.04 bits per heavy atom. The van der Waals surface area contributed by atoms with E-state index in [1.54, 1.807) is 24.3 Å². The van der Waals surface area contributed by atoms with Gasteiger partial charge in [0.1, 0.15) is 0 Å². The van der Waals surface area contributed by atoms with Crippen molar-refractivity contribution in [3.8, 4) is 11.5 Å². The maximum Gasteiger partial charge on any atom is 0.331 e. The predicted octanol–water partition coefficient (Wildman–Crippen LogP) is 3.68. The van der Waals surface area contributed by atoms with Crippen molar-refractivity contribution in [2.24, 2.45) is 0 Å². The van der Waals surface area contributed by atoms with E-state index in [1.165, 1.54) is 17.4 Å². The maximum atomic E-state index is 12.0. The molecule has 0 bridgehead atoms. The molecule has 0 radical (unpaired) electrons. The summed E-state index contributed by atoms with van der Waals surface area (Å²) in [5, 5.41) is 0. The number of hydrogen-bond acceptors (Lipinski definition) is 6. The number of esters is 1. The van der Waals surface area contributed by atoms with Crippen molar-refractivity contribution in [1.29, 1.82) is 0 Å². The van der Waals surface area contributed by atoms with Crippen LogP contribution in [0.1, 0.15) is 15.2 Å². The van der Waals surface area contributed by atoms with Gasteiger partial charge in [0.15, 0.2) is 23.9 Å². The Bertz CT molecular complexity index is 781. The maximum absolute atomic E-state index is 12.0. The number of rotatable bonds is 5. The molecule has 0 saturated heterocycles. The summed E-state index contributed by atoms with van der Waals surface area (Å²) in [4.78, 5) is 24.6. The second-order valence-corrected chi connectivity index (χ2v) is 7.07. The molecule has 2 aromatic rings. The molecule has 0 atom stereocenters. The van der Waals surface area contributed by atoms with Gasteiger partial charge in [0.05, 0.1) is 3.79 Å². The number of ether oxygens (including phenoxy) is 3. The topological polar surface area (TPSA) is 61.8 Å². The fourth-order valence-corrected chi connectivity index (χ4v) is 3.23. The third kappa shape index (κ3) is 4.00. The lowest BCUT2D eigenvalue weighted by molar-refractivity contribution is -0.136. The third-order valence-corrected chi connectivity index (χ3v) is 4.61. The molecule has 0 fully saturated rings. The molecule has 0 spiro atoms. The number of halogens is 1. The normalized spacial score (nSPS) is 12.6. The number of fused-ring (bicyclic) bond motifs is 1. The van der Waals surface area contributed by atoms with Crippen LogP contribution in [0.5, 0.6) is 11.5 Å². The summed E-state index contributed by atoms with van der Waals surface area (Å²) in [5.74, 6) is 0.251. The van der Waals surface area contributed by atoms with Crippen LogP contribution in [0.2, 0.25) is 0 Å². The van der Waals surface area contributed by atoms with E-state index in [-0.39, 0.29) is 19.2 Å². The minimum Gasteiger partial charge on any atom is -0.454 e. The molecule has 1 aromatic heterocycles. The van der Waals surface area contributed by atoms with Crippen LogP contribution in [-0.2, 0) is 9.53 Å². The number of carbonyl (C=O) groups is 2. The van der Waals surface area contributed by atoms with Crippen molar-refractivity contribution in [1.82, 2.24) is 0 Å². The molecule has 23 heavy (non-hydrogen) atoms. The van der Waals surface area contributed by atoms with Crippen LogP contribution in [-0.4, -0.2) is 25.2 Å². The van der Waals surface area contributed by atoms with Crippen LogP contribution in [0, 0.1) is 0 Å².